The van der Waals surface area contributed by atoms with E-state index in [1.54, 1.807) is 0 Å². The normalized spacial score (nSPS) is 17.9. The van der Waals surface area contributed by atoms with Crippen molar-refractivity contribution in [1.29, 1.82) is 0 Å². The maximum Gasteiger partial charge on any atom is 0.0706 e. The number of rotatable bonds is 4. The van der Waals surface area contributed by atoms with Crippen molar-refractivity contribution >= 4 is 10.9 Å². The van der Waals surface area contributed by atoms with E-state index in [0.29, 0.717) is 0 Å². The molecule has 19 heavy (non-hydrogen) atoms. The Kier molecular flexibility index (Phi) is 3.76. The molecule has 0 spiro atoms. The highest BCUT2D eigenvalue weighted by Gasteiger charge is 2.21. The second kappa shape index (κ2) is 5.68. The van der Waals surface area contributed by atoms with Gasteiger partial charge in [0, 0.05) is 5.39 Å². The summed E-state index contributed by atoms with van der Waals surface area (Å²) in [7, 11) is 0. The van der Waals surface area contributed by atoms with Crippen molar-refractivity contribution in [1.82, 2.24) is 10.4 Å². The Labute approximate surface area is 114 Å². The molecule has 0 saturated heterocycles. The Morgan fingerprint density at radius 1 is 1.16 bits per heavy atom. The molecular weight excluding hydrogens is 234 g/mol. The summed E-state index contributed by atoms with van der Waals surface area (Å²) < 4.78 is 0. The van der Waals surface area contributed by atoms with Crippen LogP contribution in [0.4, 0.5) is 0 Å². The van der Waals surface area contributed by atoms with Crippen LogP contribution in [0.1, 0.15) is 43.8 Å². The highest BCUT2D eigenvalue weighted by atomic mass is 15.2. The van der Waals surface area contributed by atoms with Crippen LogP contribution in [-0.4, -0.2) is 4.98 Å². The molecule has 3 nitrogen and oxygen atoms in total. The molecule has 0 aliphatic heterocycles. The van der Waals surface area contributed by atoms with Gasteiger partial charge in [-0.1, -0.05) is 49.9 Å². The summed E-state index contributed by atoms with van der Waals surface area (Å²) in [6, 6.07) is 12.6. The Morgan fingerprint density at radius 3 is 2.74 bits per heavy atom. The van der Waals surface area contributed by atoms with Gasteiger partial charge in [0.15, 0.2) is 0 Å². The number of benzene rings is 1. The smallest absolute Gasteiger partial charge is 0.0706 e. The SMILES string of the molecule is NNC(CC1CCCC1)c1ccc2ccccc2n1. The van der Waals surface area contributed by atoms with Crippen LogP contribution in [-0.2, 0) is 0 Å². The first kappa shape index (κ1) is 12.6. The third-order valence-electron chi connectivity index (χ3n) is 4.22. The molecule has 1 atom stereocenters. The molecule has 0 bridgehead atoms. The van der Waals surface area contributed by atoms with Gasteiger partial charge in [-0.3, -0.25) is 16.3 Å². The molecule has 1 saturated carbocycles. The van der Waals surface area contributed by atoms with E-state index in [-0.39, 0.29) is 6.04 Å². The molecule has 2 aromatic rings. The van der Waals surface area contributed by atoms with Gasteiger partial charge in [-0.15, -0.1) is 0 Å². The summed E-state index contributed by atoms with van der Waals surface area (Å²) in [5.41, 5.74) is 5.06. The van der Waals surface area contributed by atoms with Crippen LogP contribution >= 0.6 is 0 Å². The van der Waals surface area contributed by atoms with Crippen LogP contribution in [0.15, 0.2) is 36.4 Å². The van der Waals surface area contributed by atoms with Crippen molar-refractivity contribution in [3.63, 3.8) is 0 Å². The average molecular weight is 255 g/mol. The number of fused-ring (bicyclic) bond motifs is 1. The van der Waals surface area contributed by atoms with E-state index in [4.69, 9.17) is 10.8 Å². The molecule has 100 valence electrons. The maximum absolute atomic E-state index is 5.74. The quantitative estimate of drug-likeness (QED) is 0.651. The lowest BCUT2D eigenvalue weighted by atomic mass is 9.96. The first-order chi connectivity index (χ1) is 9.36. The molecule has 3 N–H and O–H groups in total. The number of nitrogens with zero attached hydrogens (tertiary/aromatic N) is 1. The molecule has 1 aromatic heterocycles. The van der Waals surface area contributed by atoms with E-state index < -0.39 is 0 Å². The fourth-order valence-electron chi connectivity index (χ4n) is 3.13. The van der Waals surface area contributed by atoms with E-state index >= 15 is 0 Å². The molecule has 0 amide bonds. The van der Waals surface area contributed by atoms with Gasteiger partial charge in [-0.2, -0.15) is 0 Å². The monoisotopic (exact) mass is 255 g/mol. The third-order valence-corrected chi connectivity index (χ3v) is 4.22. The highest BCUT2D eigenvalue weighted by Crippen LogP contribution is 2.32. The largest absolute Gasteiger partial charge is 0.271 e. The lowest BCUT2D eigenvalue weighted by Crippen LogP contribution is -2.30. The predicted molar refractivity (Wildman–Crippen MR) is 78.4 cm³/mol. The van der Waals surface area contributed by atoms with Gasteiger partial charge in [0.1, 0.15) is 0 Å². The zero-order valence-electron chi connectivity index (χ0n) is 11.2. The van der Waals surface area contributed by atoms with E-state index in [1.165, 1.54) is 31.1 Å². The summed E-state index contributed by atoms with van der Waals surface area (Å²) in [4.78, 5) is 4.75. The van der Waals surface area contributed by atoms with Crippen LogP contribution in [0.25, 0.3) is 10.9 Å². The Hall–Kier alpha value is -1.45. The third kappa shape index (κ3) is 2.77. The number of pyridine rings is 1. The first-order valence-corrected chi connectivity index (χ1v) is 7.18. The first-order valence-electron chi connectivity index (χ1n) is 7.18. The van der Waals surface area contributed by atoms with E-state index in [0.717, 1.165) is 23.5 Å². The average Bonchev–Trinajstić information content (AvgIpc) is 2.97. The van der Waals surface area contributed by atoms with Gasteiger partial charge in [0.2, 0.25) is 0 Å². The van der Waals surface area contributed by atoms with Gasteiger partial charge >= 0.3 is 0 Å². The van der Waals surface area contributed by atoms with Crippen molar-refractivity contribution in [2.24, 2.45) is 11.8 Å². The number of hydrazine groups is 1. The standard InChI is InChI=1S/C16H21N3/c17-19-16(11-12-5-1-2-6-12)15-10-9-13-7-3-4-8-14(13)18-15/h3-4,7-10,12,16,19H,1-2,5-6,11,17H2. The number of para-hydroxylation sites is 1. The minimum absolute atomic E-state index is 0.174. The van der Waals surface area contributed by atoms with Crippen molar-refractivity contribution in [3.8, 4) is 0 Å². The topological polar surface area (TPSA) is 50.9 Å². The van der Waals surface area contributed by atoms with E-state index in [1.807, 2.05) is 12.1 Å². The number of nitrogens with one attached hydrogen (secondary N) is 1. The van der Waals surface area contributed by atoms with Crippen molar-refractivity contribution in [2.45, 2.75) is 38.1 Å². The lowest BCUT2D eigenvalue weighted by Gasteiger charge is -2.19. The van der Waals surface area contributed by atoms with E-state index in [9.17, 15) is 0 Å². The molecular formula is C16H21N3. The van der Waals surface area contributed by atoms with Crippen molar-refractivity contribution in [2.75, 3.05) is 0 Å². The maximum atomic E-state index is 5.74. The van der Waals surface area contributed by atoms with Gasteiger partial charge < -0.3 is 0 Å². The highest BCUT2D eigenvalue weighted by molar-refractivity contribution is 5.78. The fourth-order valence-corrected chi connectivity index (χ4v) is 3.13. The predicted octanol–water partition coefficient (Wildman–Crippen LogP) is 3.32. The number of hydrogen-bond donors (Lipinski definition) is 2. The molecule has 1 aliphatic carbocycles. The van der Waals surface area contributed by atoms with Gasteiger partial charge in [0.05, 0.1) is 17.3 Å². The minimum Gasteiger partial charge on any atom is -0.271 e. The fraction of sp³-hybridized carbons (Fsp3) is 0.438. The van der Waals surface area contributed by atoms with Crippen molar-refractivity contribution < 1.29 is 0 Å². The zero-order valence-corrected chi connectivity index (χ0v) is 11.2. The molecule has 1 heterocycles. The molecule has 3 heteroatoms. The summed E-state index contributed by atoms with van der Waals surface area (Å²) in [5, 5.41) is 1.18. The molecule has 0 radical (unpaired) electrons. The van der Waals surface area contributed by atoms with Crippen LogP contribution < -0.4 is 11.3 Å². The number of nitrogens with two attached hydrogens (primary N) is 1. The van der Waals surface area contributed by atoms with Crippen LogP contribution in [0, 0.1) is 5.92 Å². The minimum atomic E-state index is 0.174. The van der Waals surface area contributed by atoms with E-state index in [2.05, 4.69) is 29.7 Å². The summed E-state index contributed by atoms with van der Waals surface area (Å²) in [5.74, 6) is 6.54. The van der Waals surface area contributed by atoms with Crippen LogP contribution in [0.3, 0.4) is 0 Å². The van der Waals surface area contributed by atoms with Crippen LogP contribution in [0.2, 0.25) is 0 Å². The Morgan fingerprint density at radius 2 is 1.95 bits per heavy atom. The molecule has 1 unspecified atom stereocenters. The molecule has 1 aromatic carbocycles. The van der Waals surface area contributed by atoms with Gasteiger partial charge in [0.25, 0.3) is 0 Å². The second-order valence-electron chi connectivity index (χ2n) is 5.53. The summed E-state index contributed by atoms with van der Waals surface area (Å²) in [6.07, 6.45) is 6.51. The van der Waals surface area contributed by atoms with Gasteiger partial charge in [-0.25, -0.2) is 0 Å². The zero-order chi connectivity index (χ0) is 13.1. The van der Waals surface area contributed by atoms with Crippen LogP contribution in [0.5, 0.6) is 0 Å². The van der Waals surface area contributed by atoms with Crippen molar-refractivity contribution in [3.05, 3.63) is 42.1 Å². The Balaban J connectivity index is 1.83. The molecule has 3 rings (SSSR count). The molecule has 1 aliphatic rings. The second-order valence-corrected chi connectivity index (χ2v) is 5.53. The molecule has 1 fully saturated rings. The van der Waals surface area contributed by atoms with Gasteiger partial charge in [-0.05, 0) is 24.5 Å². The number of aromatic nitrogens is 1. The summed E-state index contributed by atoms with van der Waals surface area (Å²) in [6.45, 7) is 0. The number of hydrogen-bond acceptors (Lipinski definition) is 3. The summed E-state index contributed by atoms with van der Waals surface area (Å²) >= 11 is 0. The Bertz CT molecular complexity index is 546. The lowest BCUT2D eigenvalue weighted by molar-refractivity contribution is 0.395.